The van der Waals surface area contributed by atoms with Gasteiger partial charge in [0.05, 0.1) is 6.33 Å². The van der Waals surface area contributed by atoms with Crippen molar-refractivity contribution in [1.29, 1.82) is 0 Å². The predicted octanol–water partition coefficient (Wildman–Crippen LogP) is 2.31. The maximum atomic E-state index is 12.0. The lowest BCUT2D eigenvalue weighted by atomic mass is 10.4. The molecule has 0 spiro atoms. The minimum Gasteiger partial charge on any atom is -0.300 e. The maximum Gasteiger partial charge on any atom is 0.433 e. The lowest BCUT2D eigenvalue weighted by molar-refractivity contribution is -0.141. The van der Waals surface area contributed by atoms with Crippen molar-refractivity contribution in [2.24, 2.45) is 0 Å². The molecular formula is C9H13F3N2O. The molecule has 0 aliphatic carbocycles. The van der Waals surface area contributed by atoms with Crippen molar-refractivity contribution >= 4 is 0 Å². The van der Waals surface area contributed by atoms with Crippen LogP contribution in [0.2, 0.25) is 0 Å². The lowest BCUT2D eigenvalue weighted by Gasteiger charge is -2.05. The third-order valence-corrected chi connectivity index (χ3v) is 1.51. The van der Waals surface area contributed by atoms with Gasteiger partial charge in [-0.3, -0.25) is 9.36 Å². The molecule has 3 nitrogen and oxygen atoms in total. The standard InChI is InChI=1S/C7H7F3N2O.C2H6/c1-2-12-4-11-5(3-6(12)13)7(8,9)10;1-2/h3-4H,2H2,1H3;1-2H3. The van der Waals surface area contributed by atoms with E-state index >= 15 is 0 Å². The molecule has 1 rings (SSSR count). The van der Waals surface area contributed by atoms with Gasteiger partial charge in [-0.2, -0.15) is 13.2 Å². The van der Waals surface area contributed by atoms with Gasteiger partial charge in [0.25, 0.3) is 5.56 Å². The van der Waals surface area contributed by atoms with Gasteiger partial charge in [0.1, 0.15) is 0 Å². The van der Waals surface area contributed by atoms with Crippen molar-refractivity contribution in [3.05, 3.63) is 28.4 Å². The molecule has 1 aromatic rings. The van der Waals surface area contributed by atoms with Crippen LogP contribution in [0.4, 0.5) is 13.2 Å². The first-order chi connectivity index (χ1) is 6.95. The Hall–Kier alpha value is -1.33. The Bertz CT molecular complexity index is 357. The SMILES string of the molecule is CC.CCn1cnc(C(F)(F)F)cc1=O. The molecule has 0 bridgehead atoms. The van der Waals surface area contributed by atoms with E-state index in [4.69, 9.17) is 0 Å². The number of hydrogen-bond acceptors (Lipinski definition) is 2. The number of aryl methyl sites for hydroxylation is 1. The molecule has 0 saturated carbocycles. The van der Waals surface area contributed by atoms with Crippen LogP contribution in [0.3, 0.4) is 0 Å². The molecule has 0 amide bonds. The molecule has 6 heteroatoms. The van der Waals surface area contributed by atoms with Gasteiger partial charge < -0.3 is 0 Å². The fourth-order valence-corrected chi connectivity index (χ4v) is 0.818. The third kappa shape index (κ3) is 3.73. The second-order valence-electron chi connectivity index (χ2n) is 2.40. The Kier molecular flexibility index (Phi) is 5.04. The molecular weight excluding hydrogens is 209 g/mol. The normalized spacial score (nSPS) is 10.5. The minimum atomic E-state index is -4.55. The van der Waals surface area contributed by atoms with Gasteiger partial charge >= 0.3 is 6.18 Å². The quantitative estimate of drug-likeness (QED) is 0.730. The first-order valence-electron chi connectivity index (χ1n) is 4.59. The van der Waals surface area contributed by atoms with E-state index in [0.29, 0.717) is 12.6 Å². The fourth-order valence-electron chi connectivity index (χ4n) is 0.818. The van der Waals surface area contributed by atoms with Crippen molar-refractivity contribution in [2.45, 2.75) is 33.5 Å². The van der Waals surface area contributed by atoms with Crippen LogP contribution in [0.25, 0.3) is 0 Å². The average molecular weight is 222 g/mol. The van der Waals surface area contributed by atoms with Crippen LogP contribution in [0.1, 0.15) is 26.5 Å². The van der Waals surface area contributed by atoms with Gasteiger partial charge in [-0.25, -0.2) is 4.98 Å². The topological polar surface area (TPSA) is 34.9 Å². The van der Waals surface area contributed by atoms with Crippen LogP contribution >= 0.6 is 0 Å². The fraction of sp³-hybridized carbons (Fsp3) is 0.556. The molecule has 0 radical (unpaired) electrons. The van der Waals surface area contributed by atoms with Crippen LogP contribution in [0, 0.1) is 0 Å². The van der Waals surface area contributed by atoms with Crippen molar-refractivity contribution in [3.63, 3.8) is 0 Å². The Morgan fingerprint density at radius 2 is 1.93 bits per heavy atom. The van der Waals surface area contributed by atoms with E-state index in [2.05, 4.69) is 4.98 Å². The molecule has 0 unspecified atom stereocenters. The Morgan fingerprint density at radius 1 is 1.40 bits per heavy atom. The van der Waals surface area contributed by atoms with Gasteiger partial charge in [-0.1, -0.05) is 13.8 Å². The highest BCUT2D eigenvalue weighted by Gasteiger charge is 2.32. The minimum absolute atomic E-state index is 0.309. The van der Waals surface area contributed by atoms with Crippen LogP contribution in [-0.2, 0) is 12.7 Å². The molecule has 0 aromatic carbocycles. The number of rotatable bonds is 1. The summed E-state index contributed by atoms with van der Waals surface area (Å²) in [5.41, 5.74) is -1.84. The molecule has 0 aliphatic heterocycles. The monoisotopic (exact) mass is 222 g/mol. The molecule has 1 aromatic heterocycles. The van der Waals surface area contributed by atoms with Crippen molar-refractivity contribution < 1.29 is 13.2 Å². The number of hydrogen-bond donors (Lipinski definition) is 0. The second kappa shape index (κ2) is 5.53. The molecule has 15 heavy (non-hydrogen) atoms. The van der Waals surface area contributed by atoms with E-state index in [-0.39, 0.29) is 0 Å². The molecule has 0 aliphatic rings. The third-order valence-electron chi connectivity index (χ3n) is 1.51. The zero-order chi connectivity index (χ0) is 12.1. The Labute approximate surface area is 85.6 Å². The van der Waals surface area contributed by atoms with E-state index in [1.54, 1.807) is 6.92 Å². The zero-order valence-corrected chi connectivity index (χ0v) is 8.80. The van der Waals surface area contributed by atoms with E-state index < -0.39 is 17.4 Å². The Morgan fingerprint density at radius 3 is 2.27 bits per heavy atom. The number of halogens is 3. The molecule has 0 saturated heterocycles. The molecule has 0 fully saturated rings. The smallest absolute Gasteiger partial charge is 0.300 e. The molecule has 0 atom stereocenters. The van der Waals surface area contributed by atoms with Gasteiger partial charge in [-0.05, 0) is 6.92 Å². The summed E-state index contributed by atoms with van der Waals surface area (Å²) in [6.45, 7) is 5.96. The van der Waals surface area contributed by atoms with Crippen LogP contribution < -0.4 is 5.56 Å². The molecule has 0 N–H and O–H groups in total. The summed E-state index contributed by atoms with van der Waals surface area (Å²) in [6.07, 6.45) is -3.66. The lowest BCUT2D eigenvalue weighted by Crippen LogP contribution is -2.22. The van der Waals surface area contributed by atoms with E-state index in [1.165, 1.54) is 0 Å². The van der Waals surface area contributed by atoms with Gasteiger partial charge in [0.2, 0.25) is 0 Å². The zero-order valence-electron chi connectivity index (χ0n) is 8.80. The van der Waals surface area contributed by atoms with E-state index in [9.17, 15) is 18.0 Å². The van der Waals surface area contributed by atoms with Crippen molar-refractivity contribution in [1.82, 2.24) is 9.55 Å². The molecule has 1 heterocycles. The predicted molar refractivity (Wildman–Crippen MR) is 50.5 cm³/mol. The van der Waals surface area contributed by atoms with Crippen molar-refractivity contribution in [3.8, 4) is 0 Å². The van der Waals surface area contributed by atoms with Gasteiger partial charge in [0, 0.05) is 12.6 Å². The average Bonchev–Trinajstić information content (AvgIpc) is 2.19. The summed E-state index contributed by atoms with van der Waals surface area (Å²) in [6, 6.07) is 0.490. The molecule has 86 valence electrons. The van der Waals surface area contributed by atoms with E-state index in [1.807, 2.05) is 13.8 Å². The largest absolute Gasteiger partial charge is 0.433 e. The second-order valence-corrected chi connectivity index (χ2v) is 2.40. The summed E-state index contributed by atoms with van der Waals surface area (Å²) in [4.78, 5) is 14.1. The summed E-state index contributed by atoms with van der Waals surface area (Å²) in [5, 5.41) is 0. The summed E-state index contributed by atoms with van der Waals surface area (Å²) >= 11 is 0. The van der Waals surface area contributed by atoms with Gasteiger partial charge in [-0.15, -0.1) is 0 Å². The number of nitrogens with zero attached hydrogens (tertiary/aromatic N) is 2. The van der Waals surface area contributed by atoms with E-state index in [0.717, 1.165) is 10.9 Å². The maximum absolute atomic E-state index is 12.0. The van der Waals surface area contributed by atoms with Gasteiger partial charge in [0.15, 0.2) is 5.69 Å². The summed E-state index contributed by atoms with van der Waals surface area (Å²) in [5.74, 6) is 0. The summed E-state index contributed by atoms with van der Waals surface area (Å²) in [7, 11) is 0. The highest BCUT2D eigenvalue weighted by atomic mass is 19.4. The first kappa shape index (κ1) is 13.7. The first-order valence-corrected chi connectivity index (χ1v) is 4.59. The highest BCUT2D eigenvalue weighted by molar-refractivity contribution is 5.03. The highest BCUT2D eigenvalue weighted by Crippen LogP contribution is 2.25. The summed E-state index contributed by atoms with van der Waals surface area (Å²) < 4.78 is 37.1. The number of alkyl halides is 3. The van der Waals surface area contributed by atoms with Crippen LogP contribution in [0.15, 0.2) is 17.2 Å². The number of aromatic nitrogens is 2. The Balaban J connectivity index is 0.000000921. The van der Waals surface area contributed by atoms with Crippen LogP contribution in [0.5, 0.6) is 0 Å². The van der Waals surface area contributed by atoms with Crippen LogP contribution in [-0.4, -0.2) is 9.55 Å². The van der Waals surface area contributed by atoms with Crippen molar-refractivity contribution in [2.75, 3.05) is 0 Å².